The van der Waals surface area contributed by atoms with E-state index >= 15 is 0 Å². The predicted molar refractivity (Wildman–Crippen MR) is 69.1 cm³/mol. The number of hydrogen-bond donors (Lipinski definition) is 2. The molecule has 0 aliphatic heterocycles. The lowest BCUT2D eigenvalue weighted by Crippen LogP contribution is -2.28. The summed E-state index contributed by atoms with van der Waals surface area (Å²) in [7, 11) is 0. The van der Waals surface area contributed by atoms with Crippen molar-refractivity contribution in [2.75, 3.05) is 6.54 Å². The summed E-state index contributed by atoms with van der Waals surface area (Å²) >= 11 is 6.64. The summed E-state index contributed by atoms with van der Waals surface area (Å²) in [5, 5.41) is 11.8. The van der Waals surface area contributed by atoms with E-state index in [4.69, 9.17) is 11.5 Å². The Hall–Kier alpha value is -0.830. The van der Waals surface area contributed by atoms with Gasteiger partial charge >= 0.3 is 5.97 Å². The van der Waals surface area contributed by atoms with Crippen LogP contribution in [0.4, 0.5) is 0 Å². The third-order valence-corrected chi connectivity index (χ3v) is 3.81. The second-order valence-corrected chi connectivity index (χ2v) is 4.74. The first kappa shape index (κ1) is 13.2. The third-order valence-electron chi connectivity index (χ3n) is 1.93. The summed E-state index contributed by atoms with van der Waals surface area (Å²) in [6, 6.07) is 4.47. The number of carboxylic acids is 1. The summed E-state index contributed by atoms with van der Waals surface area (Å²) in [5.74, 6) is 1.40. The monoisotopic (exact) mass is 345 g/mol. The maximum absolute atomic E-state index is 11.0. The van der Waals surface area contributed by atoms with Gasteiger partial charge in [0, 0.05) is 8.95 Å². The molecule has 5 heteroatoms. The number of benzene rings is 1. The van der Waals surface area contributed by atoms with Crippen LogP contribution in [0.5, 0.6) is 0 Å². The summed E-state index contributed by atoms with van der Waals surface area (Å²) < 4.78 is 1.68. The Morgan fingerprint density at radius 1 is 1.50 bits per heavy atom. The van der Waals surface area contributed by atoms with Gasteiger partial charge in [-0.3, -0.25) is 10.1 Å². The van der Waals surface area contributed by atoms with Gasteiger partial charge in [-0.15, -0.1) is 6.42 Å². The molecular formula is C11H9Br2NO2. The van der Waals surface area contributed by atoms with E-state index in [-0.39, 0.29) is 6.54 Å². The quantitative estimate of drug-likeness (QED) is 0.824. The lowest BCUT2D eigenvalue weighted by atomic mass is 10.1. The molecule has 0 fully saturated rings. The number of hydrogen-bond acceptors (Lipinski definition) is 2. The summed E-state index contributed by atoms with van der Waals surface area (Å²) in [6.07, 6.45) is 5.09. The van der Waals surface area contributed by atoms with Crippen LogP contribution in [0.2, 0.25) is 0 Å². The van der Waals surface area contributed by atoms with Gasteiger partial charge in [-0.05, 0) is 49.6 Å². The molecule has 1 aromatic rings. The van der Waals surface area contributed by atoms with Gasteiger partial charge in [0.2, 0.25) is 0 Å². The Kier molecular flexibility index (Phi) is 5.00. The topological polar surface area (TPSA) is 49.3 Å². The highest BCUT2D eigenvalue weighted by atomic mass is 79.9. The molecule has 84 valence electrons. The Morgan fingerprint density at radius 3 is 2.69 bits per heavy atom. The standard InChI is InChI=1S/C11H9Br2NO2/c1-2-5-14-10(11(15)16)7-3-4-8(12)9(13)6-7/h1,3-4,6,10,14H,5H2,(H,15,16). The van der Waals surface area contributed by atoms with E-state index in [2.05, 4.69) is 43.1 Å². The van der Waals surface area contributed by atoms with Crippen molar-refractivity contribution in [1.29, 1.82) is 0 Å². The number of carboxylic acid groups (broad SMARTS) is 1. The van der Waals surface area contributed by atoms with Crippen molar-refractivity contribution in [1.82, 2.24) is 5.32 Å². The molecule has 1 atom stereocenters. The highest BCUT2D eigenvalue weighted by molar-refractivity contribution is 9.13. The Labute approximate surface area is 110 Å². The van der Waals surface area contributed by atoms with Crippen LogP contribution in [-0.4, -0.2) is 17.6 Å². The first-order chi connectivity index (χ1) is 7.56. The summed E-state index contributed by atoms with van der Waals surface area (Å²) in [6.45, 7) is 0.213. The minimum atomic E-state index is -0.954. The molecule has 0 bridgehead atoms. The Balaban J connectivity index is 2.97. The van der Waals surface area contributed by atoms with Crippen molar-refractivity contribution in [3.8, 4) is 12.3 Å². The molecule has 0 radical (unpaired) electrons. The zero-order chi connectivity index (χ0) is 12.1. The predicted octanol–water partition coefficient (Wildman–Crippen LogP) is 2.56. The van der Waals surface area contributed by atoms with Crippen LogP contribution in [0.1, 0.15) is 11.6 Å². The molecule has 0 aliphatic rings. The van der Waals surface area contributed by atoms with Gasteiger partial charge in [0.05, 0.1) is 6.54 Å². The Morgan fingerprint density at radius 2 is 2.19 bits per heavy atom. The van der Waals surface area contributed by atoms with Crippen molar-refractivity contribution in [2.24, 2.45) is 0 Å². The lowest BCUT2D eigenvalue weighted by molar-refractivity contribution is -0.139. The van der Waals surface area contributed by atoms with Crippen molar-refractivity contribution in [2.45, 2.75) is 6.04 Å². The smallest absolute Gasteiger partial charge is 0.325 e. The molecule has 0 aliphatic carbocycles. The van der Waals surface area contributed by atoms with Gasteiger partial charge in [0.1, 0.15) is 6.04 Å². The van der Waals surface area contributed by atoms with Gasteiger partial charge < -0.3 is 5.11 Å². The van der Waals surface area contributed by atoms with E-state index in [1.54, 1.807) is 18.2 Å². The maximum Gasteiger partial charge on any atom is 0.325 e. The Bertz CT molecular complexity index is 440. The summed E-state index contributed by atoms with van der Waals surface area (Å²) in [4.78, 5) is 11.0. The fraction of sp³-hybridized carbons (Fsp3) is 0.182. The van der Waals surface area contributed by atoms with E-state index in [0.29, 0.717) is 5.56 Å². The SMILES string of the molecule is C#CCNC(C(=O)O)c1ccc(Br)c(Br)c1. The van der Waals surface area contributed by atoms with Crippen molar-refractivity contribution in [3.63, 3.8) is 0 Å². The highest BCUT2D eigenvalue weighted by Crippen LogP contribution is 2.26. The molecule has 0 spiro atoms. The van der Waals surface area contributed by atoms with Crippen LogP contribution in [0.25, 0.3) is 0 Å². The molecule has 3 nitrogen and oxygen atoms in total. The molecular weight excluding hydrogens is 338 g/mol. The van der Waals surface area contributed by atoms with E-state index in [1.165, 1.54) is 0 Å². The highest BCUT2D eigenvalue weighted by Gasteiger charge is 2.19. The first-order valence-corrected chi connectivity index (χ1v) is 5.99. The number of terminal acetylenes is 1. The second kappa shape index (κ2) is 6.04. The van der Waals surface area contributed by atoms with E-state index in [0.717, 1.165) is 8.95 Å². The molecule has 1 rings (SSSR count). The molecule has 2 N–H and O–H groups in total. The molecule has 0 saturated heterocycles. The second-order valence-electron chi connectivity index (χ2n) is 3.03. The van der Waals surface area contributed by atoms with Gasteiger partial charge in [-0.1, -0.05) is 12.0 Å². The average molecular weight is 347 g/mol. The zero-order valence-electron chi connectivity index (χ0n) is 8.21. The largest absolute Gasteiger partial charge is 0.480 e. The fourth-order valence-electron chi connectivity index (χ4n) is 1.20. The van der Waals surface area contributed by atoms with Gasteiger partial charge in [-0.25, -0.2) is 0 Å². The fourth-order valence-corrected chi connectivity index (χ4v) is 1.84. The van der Waals surface area contributed by atoms with Crippen LogP contribution < -0.4 is 5.32 Å². The van der Waals surface area contributed by atoms with Crippen LogP contribution in [0.15, 0.2) is 27.1 Å². The maximum atomic E-state index is 11.0. The average Bonchev–Trinajstić information content (AvgIpc) is 2.23. The minimum Gasteiger partial charge on any atom is -0.480 e. The van der Waals surface area contributed by atoms with Gasteiger partial charge in [0.15, 0.2) is 0 Å². The van der Waals surface area contributed by atoms with Gasteiger partial charge in [-0.2, -0.15) is 0 Å². The normalized spacial score (nSPS) is 11.8. The summed E-state index contributed by atoms with van der Waals surface area (Å²) in [5.41, 5.74) is 0.651. The van der Waals surface area contributed by atoms with Crippen LogP contribution in [0.3, 0.4) is 0 Å². The molecule has 1 unspecified atom stereocenters. The minimum absolute atomic E-state index is 0.213. The van der Waals surface area contributed by atoms with E-state index in [9.17, 15) is 4.79 Å². The van der Waals surface area contributed by atoms with E-state index in [1.807, 2.05) is 0 Å². The molecule has 16 heavy (non-hydrogen) atoms. The van der Waals surface area contributed by atoms with Gasteiger partial charge in [0.25, 0.3) is 0 Å². The number of halogens is 2. The molecule has 0 aromatic heterocycles. The molecule has 1 aromatic carbocycles. The number of rotatable bonds is 4. The number of aliphatic carboxylic acids is 1. The van der Waals surface area contributed by atoms with Crippen LogP contribution in [-0.2, 0) is 4.79 Å². The van der Waals surface area contributed by atoms with E-state index < -0.39 is 12.0 Å². The lowest BCUT2D eigenvalue weighted by Gasteiger charge is -2.13. The molecule has 0 amide bonds. The first-order valence-electron chi connectivity index (χ1n) is 4.41. The van der Waals surface area contributed by atoms with Crippen molar-refractivity contribution < 1.29 is 9.90 Å². The van der Waals surface area contributed by atoms with Crippen molar-refractivity contribution in [3.05, 3.63) is 32.7 Å². The number of nitrogens with one attached hydrogen (secondary N) is 1. The third kappa shape index (κ3) is 3.34. The zero-order valence-corrected chi connectivity index (χ0v) is 11.4. The van der Waals surface area contributed by atoms with Crippen LogP contribution in [0, 0.1) is 12.3 Å². The molecule has 0 saturated carbocycles. The van der Waals surface area contributed by atoms with Crippen molar-refractivity contribution >= 4 is 37.8 Å². The molecule has 0 heterocycles. The van der Waals surface area contributed by atoms with Crippen LogP contribution >= 0.6 is 31.9 Å². The number of carbonyl (C=O) groups is 1.